The molecule has 4 N–H and O–H groups in total. The van der Waals surface area contributed by atoms with Crippen LogP contribution in [0.5, 0.6) is 0 Å². The van der Waals surface area contributed by atoms with Gasteiger partial charge in [-0.1, -0.05) is 0 Å². The molecular formula is C20H26N4O8. The van der Waals surface area contributed by atoms with Gasteiger partial charge in [0.25, 0.3) is 11.8 Å². The van der Waals surface area contributed by atoms with Crippen molar-refractivity contribution in [3.8, 4) is 0 Å². The number of benzene rings is 1. The van der Waals surface area contributed by atoms with Crippen molar-refractivity contribution in [3.63, 3.8) is 0 Å². The zero-order valence-electron chi connectivity index (χ0n) is 18.1. The Morgan fingerprint density at radius 2 is 1.00 bits per heavy atom. The molecule has 2 unspecified atom stereocenters. The second-order valence-electron chi connectivity index (χ2n) is 6.37. The van der Waals surface area contributed by atoms with Gasteiger partial charge in [-0.2, -0.15) is 0 Å². The van der Waals surface area contributed by atoms with Crippen LogP contribution in [-0.4, -0.2) is 61.1 Å². The first-order valence-corrected chi connectivity index (χ1v) is 9.78. The highest BCUT2D eigenvalue weighted by molar-refractivity contribution is 6.00. The lowest BCUT2D eigenvalue weighted by Gasteiger charge is -2.14. The summed E-state index contributed by atoms with van der Waals surface area (Å²) in [5.74, 6) is -3.30. The fourth-order valence-corrected chi connectivity index (χ4v) is 2.14. The highest BCUT2D eigenvalue weighted by Gasteiger charge is 2.23. The van der Waals surface area contributed by atoms with Gasteiger partial charge in [-0.25, -0.2) is 19.2 Å². The van der Waals surface area contributed by atoms with Crippen LogP contribution in [0.1, 0.15) is 48.4 Å². The Bertz CT molecular complexity index is 798. The first kappa shape index (κ1) is 26.1. The number of carbonyl (C=O) groups is 6. The van der Waals surface area contributed by atoms with Crippen LogP contribution in [0.15, 0.2) is 24.3 Å². The number of ether oxygens (including phenoxy) is 2. The van der Waals surface area contributed by atoms with Crippen LogP contribution in [0.2, 0.25) is 0 Å². The zero-order chi connectivity index (χ0) is 24.3. The van der Waals surface area contributed by atoms with Gasteiger partial charge in [0.15, 0.2) is 12.2 Å². The number of nitrogens with one attached hydrogen (secondary N) is 4. The third-order valence-corrected chi connectivity index (χ3v) is 3.81. The molecule has 1 aromatic carbocycles. The third kappa shape index (κ3) is 8.42. The minimum atomic E-state index is -1.24. The van der Waals surface area contributed by atoms with Gasteiger partial charge in [-0.15, -0.1) is 0 Å². The van der Waals surface area contributed by atoms with Gasteiger partial charge in [-0.3, -0.25) is 20.2 Å². The quantitative estimate of drug-likeness (QED) is 0.414. The molecule has 0 spiro atoms. The van der Waals surface area contributed by atoms with E-state index in [4.69, 9.17) is 9.47 Å². The van der Waals surface area contributed by atoms with Crippen molar-refractivity contribution in [1.82, 2.24) is 21.3 Å². The van der Waals surface area contributed by atoms with Crippen molar-refractivity contribution in [3.05, 3.63) is 35.4 Å². The van der Waals surface area contributed by atoms with Gasteiger partial charge >= 0.3 is 24.0 Å². The Kier molecular flexibility index (Phi) is 10.3. The van der Waals surface area contributed by atoms with Gasteiger partial charge < -0.3 is 20.1 Å². The summed E-state index contributed by atoms with van der Waals surface area (Å²) in [7, 11) is 0. The molecule has 6 amide bonds. The second-order valence-corrected chi connectivity index (χ2v) is 6.37. The molecule has 32 heavy (non-hydrogen) atoms. The fourth-order valence-electron chi connectivity index (χ4n) is 2.14. The van der Waals surface area contributed by atoms with Gasteiger partial charge in [-0.05, 0) is 52.0 Å². The van der Waals surface area contributed by atoms with E-state index in [2.05, 4.69) is 10.6 Å². The highest BCUT2D eigenvalue weighted by atomic mass is 16.6. The van der Waals surface area contributed by atoms with E-state index in [-0.39, 0.29) is 11.1 Å². The van der Waals surface area contributed by atoms with E-state index in [1.54, 1.807) is 13.8 Å². The first-order chi connectivity index (χ1) is 15.1. The molecule has 1 rings (SSSR count). The molecule has 12 heteroatoms. The third-order valence-electron chi connectivity index (χ3n) is 3.81. The van der Waals surface area contributed by atoms with Crippen LogP contribution in [0.3, 0.4) is 0 Å². The normalized spacial score (nSPS) is 11.9. The van der Waals surface area contributed by atoms with Crippen molar-refractivity contribution in [1.29, 1.82) is 0 Å². The molecule has 0 aliphatic heterocycles. The number of urea groups is 2. The molecule has 0 heterocycles. The Morgan fingerprint density at radius 3 is 1.28 bits per heavy atom. The minimum Gasteiger partial charge on any atom is -0.449 e. The molecule has 2 atom stereocenters. The average molecular weight is 450 g/mol. The lowest BCUT2D eigenvalue weighted by atomic mass is 10.1. The molecule has 0 radical (unpaired) electrons. The molecule has 0 saturated heterocycles. The molecule has 0 fully saturated rings. The van der Waals surface area contributed by atoms with Crippen LogP contribution < -0.4 is 21.3 Å². The number of imide groups is 2. The van der Waals surface area contributed by atoms with E-state index in [0.29, 0.717) is 13.1 Å². The summed E-state index contributed by atoms with van der Waals surface area (Å²) in [5.41, 5.74) is 0.0856. The van der Waals surface area contributed by atoms with Crippen molar-refractivity contribution in [2.45, 2.75) is 39.9 Å². The SMILES string of the molecule is CCNC(=O)NC(=O)C(C)OC(=O)c1ccc(C(=O)OC(C)C(=O)NC(=O)NCC)cc1. The van der Waals surface area contributed by atoms with Gasteiger partial charge in [0.05, 0.1) is 11.1 Å². The molecule has 0 bridgehead atoms. The lowest BCUT2D eigenvalue weighted by Crippen LogP contribution is -2.44. The fraction of sp³-hybridized carbons (Fsp3) is 0.400. The van der Waals surface area contributed by atoms with Crippen molar-refractivity contribution in [2.24, 2.45) is 0 Å². The number of amides is 6. The maximum Gasteiger partial charge on any atom is 0.338 e. The number of esters is 2. The summed E-state index contributed by atoms with van der Waals surface area (Å²) in [6, 6.07) is 3.66. The second kappa shape index (κ2) is 12.7. The van der Waals surface area contributed by atoms with Gasteiger partial charge in [0, 0.05) is 13.1 Å². The van der Waals surface area contributed by atoms with E-state index in [1.807, 2.05) is 10.6 Å². The molecule has 12 nitrogen and oxygen atoms in total. The van der Waals surface area contributed by atoms with Crippen molar-refractivity contribution < 1.29 is 38.2 Å². The van der Waals surface area contributed by atoms with Gasteiger partial charge in [0.2, 0.25) is 0 Å². The maximum atomic E-state index is 12.2. The summed E-state index contributed by atoms with van der Waals surface area (Å²) in [4.78, 5) is 70.7. The molecule has 0 aliphatic carbocycles. The minimum absolute atomic E-state index is 0.0428. The summed E-state index contributed by atoms with van der Waals surface area (Å²) >= 11 is 0. The van der Waals surface area contributed by atoms with Crippen molar-refractivity contribution >= 4 is 35.8 Å². The molecule has 0 aromatic heterocycles. The summed E-state index contributed by atoms with van der Waals surface area (Å²) in [5, 5.41) is 8.78. The number of hydrogen-bond donors (Lipinski definition) is 4. The van der Waals surface area contributed by atoms with Gasteiger partial charge in [0.1, 0.15) is 0 Å². The molecule has 1 aromatic rings. The van der Waals surface area contributed by atoms with Crippen molar-refractivity contribution in [2.75, 3.05) is 13.1 Å². The molecular weight excluding hydrogens is 424 g/mol. The van der Waals surface area contributed by atoms with E-state index in [0.717, 1.165) is 0 Å². The molecule has 0 aliphatic rings. The smallest absolute Gasteiger partial charge is 0.338 e. The number of hydrogen-bond acceptors (Lipinski definition) is 8. The van der Waals surface area contributed by atoms with Crippen LogP contribution in [0.4, 0.5) is 9.59 Å². The van der Waals surface area contributed by atoms with E-state index >= 15 is 0 Å². The van der Waals surface area contributed by atoms with E-state index in [1.165, 1.54) is 38.1 Å². The van der Waals surface area contributed by atoms with Crippen LogP contribution >= 0.6 is 0 Å². The molecule has 174 valence electrons. The maximum absolute atomic E-state index is 12.2. The van der Waals surface area contributed by atoms with E-state index in [9.17, 15) is 28.8 Å². The number of carbonyl (C=O) groups excluding carboxylic acids is 6. The van der Waals surface area contributed by atoms with E-state index < -0.39 is 48.0 Å². The Hall–Kier alpha value is -3.96. The first-order valence-electron chi connectivity index (χ1n) is 9.78. The largest absolute Gasteiger partial charge is 0.449 e. The highest BCUT2D eigenvalue weighted by Crippen LogP contribution is 2.10. The average Bonchev–Trinajstić information content (AvgIpc) is 2.73. The predicted octanol–water partition coefficient (Wildman–Crippen LogP) is 0.469. The topological polar surface area (TPSA) is 169 Å². The standard InChI is InChI=1S/C20H26N4O8/c1-5-21-19(29)23-15(25)11(3)31-17(27)13-7-9-14(10-8-13)18(28)32-12(4)16(26)24-20(30)22-6-2/h7-12H,5-6H2,1-4H3,(H2,21,23,25,29)(H2,22,24,26,30). The lowest BCUT2D eigenvalue weighted by molar-refractivity contribution is -0.128. The number of rotatable bonds is 8. The zero-order valence-corrected chi connectivity index (χ0v) is 18.1. The predicted molar refractivity (Wildman–Crippen MR) is 111 cm³/mol. The Balaban J connectivity index is 2.64. The Morgan fingerprint density at radius 1 is 0.688 bits per heavy atom. The summed E-state index contributed by atoms with van der Waals surface area (Å²) in [6.07, 6.45) is -2.47. The van der Waals surface area contributed by atoms with Crippen LogP contribution in [0, 0.1) is 0 Å². The summed E-state index contributed by atoms with van der Waals surface area (Å²) < 4.78 is 9.98. The Labute approximate surface area is 184 Å². The van der Waals surface area contributed by atoms with Crippen LogP contribution in [0.25, 0.3) is 0 Å². The monoisotopic (exact) mass is 450 g/mol. The van der Waals surface area contributed by atoms with Crippen LogP contribution in [-0.2, 0) is 19.1 Å². The summed E-state index contributed by atoms with van der Waals surface area (Å²) in [6.45, 7) is 6.58. The molecule has 0 saturated carbocycles.